The molecule has 0 radical (unpaired) electrons. The zero-order valence-electron chi connectivity index (χ0n) is 7.97. The van der Waals surface area contributed by atoms with Crippen LogP contribution in [0.15, 0.2) is 24.7 Å². The first-order chi connectivity index (χ1) is 7.22. The molecule has 0 atom stereocenters. The molecule has 5 nitrogen and oxygen atoms in total. The monoisotopic (exact) mass is 204 g/mol. The van der Waals surface area contributed by atoms with E-state index in [4.69, 9.17) is 10.4 Å². The maximum Gasteiger partial charge on any atom is 0.341 e. The lowest BCUT2D eigenvalue weighted by Crippen LogP contribution is -2.04. The van der Waals surface area contributed by atoms with Crippen molar-refractivity contribution in [1.82, 2.24) is 4.98 Å². The van der Waals surface area contributed by atoms with Crippen molar-refractivity contribution in [2.24, 2.45) is 0 Å². The van der Waals surface area contributed by atoms with Crippen molar-refractivity contribution in [3.63, 3.8) is 0 Å². The first-order valence-corrected chi connectivity index (χ1v) is 4.01. The van der Waals surface area contributed by atoms with Gasteiger partial charge >= 0.3 is 5.97 Å². The van der Waals surface area contributed by atoms with Crippen LogP contribution in [0.4, 0.5) is 0 Å². The molecule has 1 heterocycles. The minimum Gasteiger partial charge on any atom is -0.515 e. The van der Waals surface area contributed by atoms with Gasteiger partial charge in [0.2, 0.25) is 0 Å². The lowest BCUT2D eigenvalue weighted by atomic mass is 10.1. The number of hydrogen-bond acceptors (Lipinski definition) is 5. The van der Waals surface area contributed by atoms with Crippen LogP contribution in [0.3, 0.4) is 0 Å². The molecule has 0 aliphatic heterocycles. The third-order valence-electron chi connectivity index (χ3n) is 1.71. The van der Waals surface area contributed by atoms with Crippen molar-refractivity contribution < 1.29 is 14.6 Å². The number of nitriles is 1. The first kappa shape index (κ1) is 10.7. The largest absolute Gasteiger partial charge is 0.515 e. The fourth-order valence-corrected chi connectivity index (χ4v) is 1.00. The summed E-state index contributed by atoms with van der Waals surface area (Å²) in [5.74, 6) is -0.686. The summed E-state index contributed by atoms with van der Waals surface area (Å²) in [4.78, 5) is 14.9. The molecule has 0 spiro atoms. The Morgan fingerprint density at radius 1 is 1.67 bits per heavy atom. The van der Waals surface area contributed by atoms with Gasteiger partial charge in [0, 0.05) is 18.0 Å². The molecule has 15 heavy (non-hydrogen) atoms. The molecule has 0 aliphatic carbocycles. The molecule has 0 bridgehead atoms. The van der Waals surface area contributed by atoms with Crippen LogP contribution in [0.1, 0.15) is 11.1 Å². The lowest BCUT2D eigenvalue weighted by Gasteiger charge is -2.03. The van der Waals surface area contributed by atoms with Crippen LogP contribution in [-0.4, -0.2) is 23.2 Å². The Balaban J connectivity index is 3.15. The van der Waals surface area contributed by atoms with Gasteiger partial charge in [-0.2, -0.15) is 5.26 Å². The molecule has 5 heteroatoms. The van der Waals surface area contributed by atoms with E-state index in [1.165, 1.54) is 25.6 Å². The first-order valence-electron chi connectivity index (χ1n) is 4.01. The van der Waals surface area contributed by atoms with Crippen LogP contribution >= 0.6 is 0 Å². The van der Waals surface area contributed by atoms with Crippen molar-refractivity contribution in [3.05, 3.63) is 35.8 Å². The average molecular weight is 204 g/mol. The summed E-state index contributed by atoms with van der Waals surface area (Å²) in [6.45, 7) is 0. The molecule has 0 fully saturated rings. The van der Waals surface area contributed by atoms with E-state index >= 15 is 0 Å². The van der Waals surface area contributed by atoms with Gasteiger partial charge in [0.1, 0.15) is 11.6 Å². The average Bonchev–Trinajstić information content (AvgIpc) is 2.30. The normalized spacial score (nSPS) is 10.5. The molecule has 0 amide bonds. The molecule has 0 aliphatic rings. The van der Waals surface area contributed by atoms with Gasteiger partial charge in [-0.1, -0.05) is 0 Å². The second-order valence-corrected chi connectivity index (χ2v) is 2.61. The number of hydrogen-bond donors (Lipinski definition) is 1. The van der Waals surface area contributed by atoms with Crippen LogP contribution < -0.4 is 0 Å². The maximum atomic E-state index is 11.2. The van der Waals surface area contributed by atoms with Gasteiger partial charge in [0.25, 0.3) is 0 Å². The number of aliphatic hydroxyl groups is 1. The minimum absolute atomic E-state index is 0.0397. The summed E-state index contributed by atoms with van der Waals surface area (Å²) in [5.41, 5.74) is 0.598. The highest BCUT2D eigenvalue weighted by Gasteiger charge is 2.13. The number of nitrogens with zero attached hydrogens (tertiary/aromatic N) is 2. The van der Waals surface area contributed by atoms with Gasteiger partial charge in [-0.15, -0.1) is 0 Å². The second kappa shape index (κ2) is 4.77. The quantitative estimate of drug-likeness (QED) is 0.441. The van der Waals surface area contributed by atoms with Crippen LogP contribution in [0.25, 0.3) is 5.57 Å². The number of aromatic nitrogens is 1. The van der Waals surface area contributed by atoms with Gasteiger partial charge in [0.15, 0.2) is 0 Å². The smallest absolute Gasteiger partial charge is 0.341 e. The van der Waals surface area contributed by atoms with Crippen molar-refractivity contribution in [3.8, 4) is 6.07 Å². The van der Waals surface area contributed by atoms with Crippen molar-refractivity contribution in [2.75, 3.05) is 7.11 Å². The van der Waals surface area contributed by atoms with Crippen LogP contribution in [0.2, 0.25) is 0 Å². The summed E-state index contributed by atoms with van der Waals surface area (Å²) in [5, 5.41) is 17.5. The van der Waals surface area contributed by atoms with Crippen molar-refractivity contribution in [2.45, 2.75) is 0 Å². The Morgan fingerprint density at radius 3 is 2.93 bits per heavy atom. The second-order valence-electron chi connectivity index (χ2n) is 2.61. The molecule has 76 valence electrons. The van der Waals surface area contributed by atoms with Crippen LogP contribution in [0.5, 0.6) is 0 Å². The van der Waals surface area contributed by atoms with E-state index in [9.17, 15) is 4.79 Å². The zero-order valence-corrected chi connectivity index (χ0v) is 7.97. The van der Waals surface area contributed by atoms with Crippen LogP contribution in [-0.2, 0) is 9.53 Å². The number of carbonyl (C=O) groups is 1. The number of aliphatic hydroxyl groups excluding tert-OH is 1. The molecule has 1 N–H and O–H groups in total. The van der Waals surface area contributed by atoms with Gasteiger partial charge in [0.05, 0.1) is 18.9 Å². The van der Waals surface area contributed by atoms with Gasteiger partial charge < -0.3 is 9.84 Å². The molecule has 0 saturated heterocycles. The highest BCUT2D eigenvalue weighted by Crippen LogP contribution is 2.15. The summed E-state index contributed by atoms with van der Waals surface area (Å²) >= 11 is 0. The van der Waals surface area contributed by atoms with Crippen molar-refractivity contribution >= 4 is 11.5 Å². The Kier molecular flexibility index (Phi) is 3.41. The Bertz CT molecular complexity index is 446. The van der Waals surface area contributed by atoms with E-state index < -0.39 is 5.97 Å². The van der Waals surface area contributed by atoms with Gasteiger partial charge in [-0.05, 0) is 6.07 Å². The van der Waals surface area contributed by atoms with E-state index in [-0.39, 0.29) is 5.57 Å². The lowest BCUT2D eigenvalue weighted by molar-refractivity contribution is -0.133. The molecule has 0 unspecified atom stereocenters. The highest BCUT2D eigenvalue weighted by molar-refractivity contribution is 6.16. The van der Waals surface area contributed by atoms with Crippen molar-refractivity contribution in [1.29, 1.82) is 5.26 Å². The summed E-state index contributed by atoms with van der Waals surface area (Å²) in [6.07, 6.45) is 3.35. The Hall–Kier alpha value is -2.35. The number of ether oxygens (including phenoxy) is 1. The number of pyridine rings is 1. The minimum atomic E-state index is -0.686. The van der Waals surface area contributed by atoms with E-state index in [0.29, 0.717) is 17.4 Å². The number of carbonyl (C=O) groups excluding carboxylic acids is 1. The summed E-state index contributed by atoms with van der Waals surface area (Å²) in [7, 11) is 1.20. The fourth-order valence-electron chi connectivity index (χ4n) is 1.00. The van der Waals surface area contributed by atoms with E-state index in [2.05, 4.69) is 9.72 Å². The number of esters is 1. The molecular weight excluding hydrogens is 196 g/mol. The van der Waals surface area contributed by atoms with E-state index in [0.717, 1.165) is 0 Å². The van der Waals surface area contributed by atoms with Gasteiger partial charge in [-0.3, -0.25) is 4.98 Å². The molecule has 1 aromatic heterocycles. The third kappa shape index (κ3) is 2.31. The number of rotatable bonds is 2. The Morgan fingerprint density at radius 2 is 2.40 bits per heavy atom. The SMILES string of the molecule is COC(=O)/C(=C/O)c1cncc(C#N)c1. The fraction of sp³-hybridized carbons (Fsp3) is 0.100. The predicted octanol–water partition coefficient (Wildman–Crippen LogP) is 1.03. The standard InChI is InChI=1S/C10H8N2O3/c1-15-10(14)9(6-13)8-2-7(3-11)4-12-5-8/h2,4-6,13H,1H3/b9-6+. The van der Waals surface area contributed by atoms with Gasteiger partial charge in [-0.25, -0.2) is 4.79 Å². The number of methoxy groups -OCH3 is 1. The molecule has 1 rings (SSSR count). The third-order valence-corrected chi connectivity index (χ3v) is 1.71. The molecular formula is C10H8N2O3. The zero-order chi connectivity index (χ0) is 11.3. The van der Waals surface area contributed by atoms with E-state index in [1.54, 1.807) is 0 Å². The predicted molar refractivity (Wildman–Crippen MR) is 51.6 cm³/mol. The van der Waals surface area contributed by atoms with E-state index in [1.807, 2.05) is 6.07 Å². The molecule has 0 saturated carbocycles. The van der Waals surface area contributed by atoms with Crippen LogP contribution in [0, 0.1) is 11.3 Å². The summed E-state index contributed by atoms with van der Waals surface area (Å²) in [6, 6.07) is 3.32. The Labute approximate surface area is 86.2 Å². The molecule has 1 aromatic rings. The molecule has 0 aromatic carbocycles. The highest BCUT2D eigenvalue weighted by atomic mass is 16.5. The topological polar surface area (TPSA) is 83.2 Å². The maximum absolute atomic E-state index is 11.2. The summed E-state index contributed by atoms with van der Waals surface area (Å²) < 4.78 is 4.45.